The van der Waals surface area contributed by atoms with Crippen molar-refractivity contribution in [1.82, 2.24) is 15.6 Å². The van der Waals surface area contributed by atoms with E-state index in [1.54, 1.807) is 20.4 Å². The van der Waals surface area contributed by atoms with Crippen molar-refractivity contribution in [2.24, 2.45) is 4.99 Å². The second kappa shape index (κ2) is 11.0. The third kappa shape index (κ3) is 5.95. The summed E-state index contributed by atoms with van der Waals surface area (Å²) in [5, 5.41) is 6.60. The van der Waals surface area contributed by atoms with Gasteiger partial charge in [0.2, 0.25) is 5.88 Å². The van der Waals surface area contributed by atoms with Crippen LogP contribution in [0.1, 0.15) is 30.9 Å². The molecule has 6 nitrogen and oxygen atoms in total. The predicted molar refractivity (Wildman–Crippen MR) is 105 cm³/mol. The van der Waals surface area contributed by atoms with Crippen LogP contribution in [0, 0.1) is 0 Å². The first kappa shape index (κ1) is 19.6. The van der Waals surface area contributed by atoms with E-state index in [0.717, 1.165) is 29.7 Å². The van der Waals surface area contributed by atoms with Crippen LogP contribution < -0.4 is 20.1 Å². The molecule has 0 aliphatic rings. The molecule has 26 heavy (non-hydrogen) atoms. The smallest absolute Gasteiger partial charge is 0.218 e. The highest BCUT2D eigenvalue weighted by molar-refractivity contribution is 5.79. The van der Waals surface area contributed by atoms with Crippen LogP contribution in [-0.2, 0) is 13.1 Å². The van der Waals surface area contributed by atoms with Crippen LogP contribution in [0.4, 0.5) is 0 Å². The molecule has 0 unspecified atom stereocenters. The van der Waals surface area contributed by atoms with Crippen molar-refractivity contribution < 1.29 is 9.47 Å². The normalized spacial score (nSPS) is 11.1. The van der Waals surface area contributed by atoms with Gasteiger partial charge >= 0.3 is 0 Å². The van der Waals surface area contributed by atoms with Gasteiger partial charge in [-0.3, -0.25) is 4.99 Å². The molecule has 0 aliphatic carbocycles. The standard InChI is InChI=1S/C20H28N4O2/c1-4-5-13-26-19-17(10-8-12-22-19)15-24-20(21-2)23-14-16-9-6-7-11-18(16)25-3/h6-12H,4-5,13-15H2,1-3H3,(H2,21,23,24). The van der Waals surface area contributed by atoms with E-state index in [4.69, 9.17) is 9.47 Å². The van der Waals surface area contributed by atoms with Crippen LogP contribution in [0.5, 0.6) is 11.6 Å². The van der Waals surface area contributed by atoms with E-state index in [1.165, 1.54) is 0 Å². The second-order valence-electron chi connectivity index (χ2n) is 5.76. The Hall–Kier alpha value is -2.76. The van der Waals surface area contributed by atoms with Gasteiger partial charge < -0.3 is 20.1 Å². The van der Waals surface area contributed by atoms with Crippen molar-refractivity contribution >= 4 is 5.96 Å². The fraction of sp³-hybridized carbons (Fsp3) is 0.400. The quantitative estimate of drug-likeness (QED) is 0.410. The monoisotopic (exact) mass is 356 g/mol. The lowest BCUT2D eigenvalue weighted by Crippen LogP contribution is -2.36. The van der Waals surface area contributed by atoms with Crippen LogP contribution in [-0.4, -0.2) is 31.7 Å². The minimum Gasteiger partial charge on any atom is -0.496 e. The van der Waals surface area contributed by atoms with E-state index in [1.807, 2.05) is 36.4 Å². The SMILES string of the molecule is CCCCOc1ncccc1CNC(=NC)NCc1ccccc1OC. The van der Waals surface area contributed by atoms with Crippen LogP contribution in [0.25, 0.3) is 0 Å². The summed E-state index contributed by atoms with van der Waals surface area (Å²) in [7, 11) is 3.42. The summed E-state index contributed by atoms with van der Waals surface area (Å²) in [6.07, 6.45) is 3.87. The van der Waals surface area contributed by atoms with Gasteiger partial charge in [0, 0.05) is 37.5 Å². The van der Waals surface area contributed by atoms with E-state index in [-0.39, 0.29) is 0 Å². The van der Waals surface area contributed by atoms with Crippen LogP contribution in [0.3, 0.4) is 0 Å². The number of nitrogens with one attached hydrogen (secondary N) is 2. The average Bonchev–Trinajstić information content (AvgIpc) is 2.69. The van der Waals surface area contributed by atoms with Gasteiger partial charge in [0.05, 0.1) is 13.7 Å². The Morgan fingerprint density at radius 2 is 1.81 bits per heavy atom. The Labute approximate surface area is 155 Å². The van der Waals surface area contributed by atoms with Crippen molar-refractivity contribution in [3.8, 4) is 11.6 Å². The fourth-order valence-electron chi connectivity index (χ4n) is 2.43. The molecule has 0 spiro atoms. The highest BCUT2D eigenvalue weighted by atomic mass is 16.5. The predicted octanol–water partition coefficient (Wildman–Crippen LogP) is 3.13. The number of benzene rings is 1. The number of nitrogens with zero attached hydrogens (tertiary/aromatic N) is 2. The molecule has 6 heteroatoms. The first-order valence-corrected chi connectivity index (χ1v) is 8.91. The number of methoxy groups -OCH3 is 1. The number of ether oxygens (including phenoxy) is 2. The Morgan fingerprint density at radius 1 is 1.08 bits per heavy atom. The lowest BCUT2D eigenvalue weighted by atomic mass is 10.2. The van der Waals surface area contributed by atoms with Crippen molar-refractivity contribution in [3.05, 3.63) is 53.7 Å². The van der Waals surface area contributed by atoms with Crippen LogP contribution in [0.2, 0.25) is 0 Å². The topological polar surface area (TPSA) is 67.8 Å². The van der Waals surface area contributed by atoms with Gasteiger partial charge in [-0.2, -0.15) is 0 Å². The first-order valence-electron chi connectivity index (χ1n) is 8.91. The molecule has 0 radical (unpaired) electrons. The van der Waals surface area contributed by atoms with Crippen LogP contribution >= 0.6 is 0 Å². The number of hydrogen-bond acceptors (Lipinski definition) is 4. The maximum Gasteiger partial charge on any atom is 0.218 e. The van der Waals surface area contributed by atoms with E-state index in [0.29, 0.717) is 31.5 Å². The molecule has 2 N–H and O–H groups in total. The summed E-state index contributed by atoms with van der Waals surface area (Å²) >= 11 is 0. The minimum atomic E-state index is 0.584. The third-order valence-electron chi connectivity index (χ3n) is 3.90. The Bertz CT molecular complexity index is 704. The van der Waals surface area contributed by atoms with Gasteiger partial charge in [-0.1, -0.05) is 37.6 Å². The van der Waals surface area contributed by atoms with Gasteiger partial charge in [-0.15, -0.1) is 0 Å². The number of pyridine rings is 1. The number of aromatic nitrogens is 1. The van der Waals surface area contributed by atoms with Crippen molar-refractivity contribution in [2.45, 2.75) is 32.9 Å². The molecule has 0 saturated carbocycles. The second-order valence-corrected chi connectivity index (χ2v) is 5.76. The summed E-state index contributed by atoms with van der Waals surface area (Å²) in [4.78, 5) is 8.60. The molecule has 0 amide bonds. The van der Waals surface area contributed by atoms with E-state index in [9.17, 15) is 0 Å². The maximum atomic E-state index is 5.78. The lowest BCUT2D eigenvalue weighted by molar-refractivity contribution is 0.294. The molecule has 0 fully saturated rings. The summed E-state index contributed by atoms with van der Waals surface area (Å²) in [6.45, 7) is 4.03. The van der Waals surface area contributed by atoms with Gasteiger partial charge in [0.15, 0.2) is 5.96 Å². The number of aliphatic imine (C=N–C) groups is 1. The number of hydrogen-bond donors (Lipinski definition) is 2. The molecule has 0 bridgehead atoms. The molecule has 1 aromatic heterocycles. The molecule has 2 rings (SSSR count). The summed E-state index contributed by atoms with van der Waals surface area (Å²) in [5.74, 6) is 2.24. The van der Waals surface area contributed by atoms with Gasteiger partial charge in [-0.25, -0.2) is 4.98 Å². The van der Waals surface area contributed by atoms with Crippen molar-refractivity contribution in [3.63, 3.8) is 0 Å². The Morgan fingerprint density at radius 3 is 2.54 bits per heavy atom. The molecule has 140 valence electrons. The molecule has 0 atom stereocenters. The molecule has 1 aromatic carbocycles. The molecule has 0 aliphatic heterocycles. The van der Waals surface area contributed by atoms with Gasteiger partial charge in [0.25, 0.3) is 0 Å². The largest absolute Gasteiger partial charge is 0.496 e. The fourth-order valence-corrected chi connectivity index (χ4v) is 2.43. The molecule has 1 heterocycles. The zero-order valence-electron chi connectivity index (χ0n) is 15.8. The summed E-state index contributed by atoms with van der Waals surface area (Å²) in [6, 6.07) is 11.8. The lowest BCUT2D eigenvalue weighted by Gasteiger charge is -2.15. The minimum absolute atomic E-state index is 0.584. The Balaban J connectivity index is 1.91. The highest BCUT2D eigenvalue weighted by Gasteiger charge is 2.07. The maximum absolute atomic E-state index is 5.78. The average molecular weight is 356 g/mol. The number of guanidine groups is 1. The van der Waals surface area contributed by atoms with Crippen molar-refractivity contribution in [1.29, 1.82) is 0 Å². The summed E-state index contributed by atoms with van der Waals surface area (Å²) < 4.78 is 11.2. The van der Waals surface area contributed by atoms with E-state index in [2.05, 4.69) is 27.5 Å². The molecular weight excluding hydrogens is 328 g/mol. The number of para-hydroxylation sites is 1. The van der Waals surface area contributed by atoms with E-state index >= 15 is 0 Å². The molecule has 2 aromatic rings. The van der Waals surface area contributed by atoms with Gasteiger partial charge in [0.1, 0.15) is 5.75 Å². The van der Waals surface area contributed by atoms with Gasteiger partial charge in [-0.05, 0) is 18.6 Å². The molecule has 0 saturated heterocycles. The number of unbranched alkanes of at least 4 members (excludes halogenated alkanes) is 1. The van der Waals surface area contributed by atoms with Crippen LogP contribution in [0.15, 0.2) is 47.6 Å². The summed E-state index contributed by atoms with van der Waals surface area (Å²) in [5.41, 5.74) is 2.08. The zero-order chi connectivity index (χ0) is 18.6. The van der Waals surface area contributed by atoms with Crippen molar-refractivity contribution in [2.75, 3.05) is 20.8 Å². The zero-order valence-corrected chi connectivity index (χ0v) is 15.8. The highest BCUT2D eigenvalue weighted by Crippen LogP contribution is 2.17. The Kier molecular flexibility index (Phi) is 8.26. The first-order chi connectivity index (χ1) is 12.8. The third-order valence-corrected chi connectivity index (χ3v) is 3.90. The molecular formula is C20H28N4O2. The number of rotatable bonds is 9. The van der Waals surface area contributed by atoms with E-state index < -0.39 is 0 Å².